The van der Waals surface area contributed by atoms with E-state index in [1.165, 1.54) is 4.90 Å². The van der Waals surface area contributed by atoms with E-state index in [1.54, 1.807) is 25.1 Å². The lowest BCUT2D eigenvalue weighted by molar-refractivity contribution is -0.142. The molecule has 0 radical (unpaired) electrons. The Hall–Kier alpha value is -2.24. The van der Waals surface area contributed by atoms with Crippen molar-refractivity contribution in [3.63, 3.8) is 0 Å². The van der Waals surface area contributed by atoms with Gasteiger partial charge in [-0.15, -0.1) is 0 Å². The van der Waals surface area contributed by atoms with E-state index in [1.807, 2.05) is 45.0 Å². The zero-order valence-corrected chi connectivity index (χ0v) is 21.1. The van der Waals surface area contributed by atoms with Gasteiger partial charge in [-0.05, 0) is 62.9 Å². The van der Waals surface area contributed by atoms with Crippen LogP contribution in [-0.2, 0) is 16.1 Å². The number of nitrogens with zero attached hydrogens (tertiary/aromatic N) is 1. The molecule has 32 heavy (non-hydrogen) atoms. The molecule has 0 aromatic heterocycles. The van der Waals surface area contributed by atoms with Crippen LogP contribution in [0.15, 0.2) is 42.5 Å². The smallest absolute Gasteiger partial charge is 0.261 e. The zero-order chi connectivity index (χ0) is 24.1. The van der Waals surface area contributed by atoms with Crippen molar-refractivity contribution in [2.75, 3.05) is 6.61 Å². The van der Waals surface area contributed by atoms with Crippen LogP contribution in [0.2, 0.25) is 10.0 Å². The predicted molar refractivity (Wildman–Crippen MR) is 130 cm³/mol. The molecule has 0 fully saturated rings. The molecule has 7 heteroatoms. The summed E-state index contributed by atoms with van der Waals surface area (Å²) in [5.74, 6) is 0.346. The Labute approximate surface area is 201 Å². The fraction of sp³-hybridized carbons (Fsp3) is 0.440. The van der Waals surface area contributed by atoms with Gasteiger partial charge in [0, 0.05) is 22.1 Å². The Morgan fingerprint density at radius 2 is 1.72 bits per heavy atom. The van der Waals surface area contributed by atoms with E-state index in [-0.39, 0.29) is 30.9 Å². The molecule has 0 saturated heterocycles. The van der Waals surface area contributed by atoms with Crippen molar-refractivity contribution in [1.29, 1.82) is 0 Å². The van der Waals surface area contributed by atoms with Crippen molar-refractivity contribution in [1.82, 2.24) is 10.2 Å². The summed E-state index contributed by atoms with van der Waals surface area (Å²) in [6, 6.07) is 12.0. The van der Waals surface area contributed by atoms with Gasteiger partial charge in [-0.25, -0.2) is 0 Å². The van der Waals surface area contributed by atoms with Crippen molar-refractivity contribution in [2.24, 2.45) is 0 Å². The summed E-state index contributed by atoms with van der Waals surface area (Å²) in [5, 5.41) is 3.87. The molecule has 0 aliphatic heterocycles. The summed E-state index contributed by atoms with van der Waals surface area (Å²) in [7, 11) is 0. The Bertz CT molecular complexity index is 954. The molecule has 0 bridgehead atoms. The van der Waals surface area contributed by atoms with Gasteiger partial charge in [0.05, 0.1) is 0 Å². The molecule has 1 N–H and O–H groups in total. The zero-order valence-electron chi connectivity index (χ0n) is 19.5. The van der Waals surface area contributed by atoms with Crippen LogP contribution >= 0.6 is 23.2 Å². The van der Waals surface area contributed by atoms with Crippen molar-refractivity contribution in [3.05, 3.63) is 63.6 Å². The minimum absolute atomic E-state index is 0.156. The SMILES string of the molecule is CC(C)c1ccccc1OCC(=O)N(Cc1ccc(Cl)cc1Cl)[C@@H](C)C(=O)NC(C)(C)C. The van der Waals surface area contributed by atoms with Crippen LogP contribution in [0.1, 0.15) is 58.6 Å². The molecular weight excluding hydrogens is 447 g/mol. The lowest BCUT2D eigenvalue weighted by atomic mass is 10.0. The van der Waals surface area contributed by atoms with Crippen LogP contribution in [-0.4, -0.2) is 34.9 Å². The van der Waals surface area contributed by atoms with Crippen LogP contribution in [0.5, 0.6) is 5.75 Å². The van der Waals surface area contributed by atoms with Gasteiger partial charge in [-0.2, -0.15) is 0 Å². The number of rotatable bonds is 8. The highest BCUT2D eigenvalue weighted by Gasteiger charge is 2.29. The standard InChI is InChI=1S/C25H32Cl2N2O3/c1-16(2)20-9-7-8-10-22(20)32-15-23(30)29(17(3)24(31)28-25(4,5)6)14-18-11-12-19(26)13-21(18)27/h7-13,16-17H,14-15H2,1-6H3,(H,28,31)/t17-/m0/s1. The topological polar surface area (TPSA) is 58.6 Å². The summed E-state index contributed by atoms with van der Waals surface area (Å²) in [6.07, 6.45) is 0. The van der Waals surface area contributed by atoms with Crippen LogP contribution in [0.25, 0.3) is 0 Å². The number of carbonyl (C=O) groups is 2. The van der Waals surface area contributed by atoms with E-state index in [0.717, 1.165) is 5.56 Å². The van der Waals surface area contributed by atoms with Crippen LogP contribution in [0, 0.1) is 0 Å². The van der Waals surface area contributed by atoms with Gasteiger partial charge in [-0.3, -0.25) is 9.59 Å². The average Bonchev–Trinajstić information content (AvgIpc) is 2.70. The van der Waals surface area contributed by atoms with Gasteiger partial charge < -0.3 is 15.0 Å². The Morgan fingerprint density at radius 3 is 2.31 bits per heavy atom. The molecule has 0 heterocycles. The van der Waals surface area contributed by atoms with Crippen molar-refractivity contribution >= 4 is 35.0 Å². The Kier molecular flexibility index (Phi) is 8.99. The molecule has 0 aliphatic rings. The third-order valence-electron chi connectivity index (χ3n) is 4.91. The molecular formula is C25H32Cl2N2O3. The van der Waals surface area contributed by atoms with E-state index < -0.39 is 11.6 Å². The van der Waals surface area contributed by atoms with Gasteiger partial charge in [0.1, 0.15) is 11.8 Å². The molecule has 2 aromatic rings. The lowest BCUT2D eigenvalue weighted by Crippen LogP contribution is -2.53. The molecule has 1 atom stereocenters. The van der Waals surface area contributed by atoms with E-state index in [4.69, 9.17) is 27.9 Å². The number of para-hydroxylation sites is 1. The number of amides is 2. The summed E-state index contributed by atoms with van der Waals surface area (Å²) < 4.78 is 5.88. The highest BCUT2D eigenvalue weighted by molar-refractivity contribution is 6.35. The number of halogens is 2. The van der Waals surface area contributed by atoms with Crippen LogP contribution < -0.4 is 10.1 Å². The highest BCUT2D eigenvalue weighted by Crippen LogP contribution is 2.27. The number of hydrogen-bond donors (Lipinski definition) is 1. The van der Waals surface area contributed by atoms with Gasteiger partial charge in [0.2, 0.25) is 5.91 Å². The first-order valence-corrected chi connectivity index (χ1v) is 11.4. The minimum Gasteiger partial charge on any atom is -0.483 e. The normalized spacial score (nSPS) is 12.4. The maximum absolute atomic E-state index is 13.2. The second-order valence-electron chi connectivity index (χ2n) is 9.15. The summed E-state index contributed by atoms with van der Waals surface area (Å²) in [5.41, 5.74) is 1.29. The fourth-order valence-corrected chi connectivity index (χ4v) is 3.67. The van der Waals surface area contributed by atoms with E-state index in [9.17, 15) is 9.59 Å². The molecule has 2 aromatic carbocycles. The van der Waals surface area contributed by atoms with Crippen LogP contribution in [0.4, 0.5) is 0 Å². The highest BCUT2D eigenvalue weighted by atomic mass is 35.5. The first kappa shape index (κ1) is 26.0. The lowest BCUT2D eigenvalue weighted by Gasteiger charge is -2.31. The van der Waals surface area contributed by atoms with Gasteiger partial charge >= 0.3 is 0 Å². The monoisotopic (exact) mass is 478 g/mol. The van der Waals surface area contributed by atoms with Crippen molar-refractivity contribution < 1.29 is 14.3 Å². The summed E-state index contributed by atoms with van der Waals surface area (Å²) >= 11 is 12.4. The second-order valence-corrected chi connectivity index (χ2v) is 10.00. The van der Waals surface area contributed by atoms with Crippen LogP contribution in [0.3, 0.4) is 0 Å². The Balaban J connectivity index is 2.26. The first-order valence-electron chi connectivity index (χ1n) is 10.7. The largest absolute Gasteiger partial charge is 0.483 e. The molecule has 0 saturated carbocycles. The predicted octanol–water partition coefficient (Wildman–Crippen LogP) is 5.83. The fourth-order valence-electron chi connectivity index (χ4n) is 3.20. The van der Waals surface area contributed by atoms with Crippen molar-refractivity contribution in [3.8, 4) is 5.75 Å². The van der Waals surface area contributed by atoms with Gasteiger partial charge in [0.15, 0.2) is 6.61 Å². The summed E-state index contributed by atoms with van der Waals surface area (Å²) in [4.78, 5) is 27.6. The molecule has 2 rings (SSSR count). The molecule has 5 nitrogen and oxygen atoms in total. The number of nitrogens with one attached hydrogen (secondary N) is 1. The second kappa shape index (κ2) is 11.1. The number of benzene rings is 2. The summed E-state index contributed by atoms with van der Waals surface area (Å²) in [6.45, 7) is 11.5. The Morgan fingerprint density at radius 1 is 1.06 bits per heavy atom. The number of carbonyl (C=O) groups excluding carboxylic acids is 2. The van der Waals surface area contributed by atoms with Gasteiger partial charge in [-0.1, -0.05) is 61.3 Å². The molecule has 0 aliphatic carbocycles. The molecule has 2 amide bonds. The third-order valence-corrected chi connectivity index (χ3v) is 5.50. The number of ether oxygens (including phenoxy) is 1. The van der Waals surface area contributed by atoms with E-state index in [0.29, 0.717) is 21.4 Å². The maximum atomic E-state index is 13.2. The quantitative estimate of drug-likeness (QED) is 0.519. The molecule has 0 spiro atoms. The van der Waals surface area contributed by atoms with E-state index >= 15 is 0 Å². The number of hydrogen-bond acceptors (Lipinski definition) is 3. The van der Waals surface area contributed by atoms with E-state index in [2.05, 4.69) is 19.2 Å². The molecule has 0 unspecified atom stereocenters. The van der Waals surface area contributed by atoms with Crippen molar-refractivity contribution in [2.45, 2.75) is 65.6 Å². The maximum Gasteiger partial charge on any atom is 0.261 e. The first-order chi connectivity index (χ1) is 14.9. The van der Waals surface area contributed by atoms with Gasteiger partial charge in [0.25, 0.3) is 5.91 Å². The third kappa shape index (κ3) is 7.42. The minimum atomic E-state index is -0.725. The average molecular weight is 479 g/mol. The molecule has 174 valence electrons.